The summed E-state index contributed by atoms with van der Waals surface area (Å²) in [5.74, 6) is 0.261. The average Bonchev–Trinajstić information content (AvgIpc) is 2.76. The van der Waals surface area contributed by atoms with Gasteiger partial charge in [-0.25, -0.2) is 8.42 Å². The first kappa shape index (κ1) is 24.9. The summed E-state index contributed by atoms with van der Waals surface area (Å²) in [5.41, 5.74) is 1.97. The van der Waals surface area contributed by atoms with E-state index < -0.39 is 22.5 Å². The number of anilines is 1. The van der Waals surface area contributed by atoms with Gasteiger partial charge in [-0.2, -0.15) is 0 Å². The third-order valence-electron chi connectivity index (χ3n) is 4.76. The first-order valence-electron chi connectivity index (χ1n) is 10.2. The summed E-state index contributed by atoms with van der Waals surface area (Å²) < 4.78 is 33.3. The van der Waals surface area contributed by atoms with E-state index in [1.54, 1.807) is 12.1 Å². The second-order valence-corrected chi connectivity index (χ2v) is 10.0. The fourth-order valence-electron chi connectivity index (χ4n) is 3.09. The number of ether oxygens (including phenoxy) is 1. The molecule has 0 saturated carbocycles. The van der Waals surface area contributed by atoms with Crippen molar-refractivity contribution in [2.45, 2.75) is 25.3 Å². The van der Waals surface area contributed by atoms with Gasteiger partial charge in [0.05, 0.1) is 17.2 Å². The molecular weight excluding hydrogens is 483 g/mol. The molecule has 1 N–H and O–H groups in total. The van der Waals surface area contributed by atoms with Crippen molar-refractivity contribution < 1.29 is 17.9 Å². The SMILES string of the molecule is CCOc1ccc(CNC(=O)CN(c2cc(Cl)cc(Cl)c2)S(=O)(=O)c2ccc(C)cc2)cc1. The van der Waals surface area contributed by atoms with E-state index in [0.717, 1.165) is 21.2 Å². The van der Waals surface area contributed by atoms with Gasteiger partial charge in [-0.05, 0) is 61.9 Å². The highest BCUT2D eigenvalue weighted by molar-refractivity contribution is 7.92. The lowest BCUT2D eigenvalue weighted by Gasteiger charge is -2.24. The number of nitrogens with one attached hydrogen (secondary N) is 1. The van der Waals surface area contributed by atoms with Crippen LogP contribution in [-0.4, -0.2) is 27.5 Å². The monoisotopic (exact) mass is 506 g/mol. The van der Waals surface area contributed by atoms with Crippen molar-refractivity contribution >= 4 is 44.8 Å². The Hall–Kier alpha value is -2.74. The Morgan fingerprint density at radius 3 is 2.15 bits per heavy atom. The van der Waals surface area contributed by atoms with Crippen LogP contribution in [0.4, 0.5) is 5.69 Å². The number of nitrogens with zero attached hydrogens (tertiary/aromatic N) is 1. The zero-order valence-electron chi connectivity index (χ0n) is 18.2. The van der Waals surface area contributed by atoms with Crippen molar-refractivity contribution in [1.82, 2.24) is 5.32 Å². The van der Waals surface area contributed by atoms with E-state index in [2.05, 4.69) is 5.32 Å². The van der Waals surface area contributed by atoms with Crippen LogP contribution in [0.25, 0.3) is 0 Å². The third kappa shape index (κ3) is 6.63. The summed E-state index contributed by atoms with van der Waals surface area (Å²) in [6.45, 7) is 4.12. The Balaban J connectivity index is 1.83. The first-order chi connectivity index (χ1) is 15.7. The van der Waals surface area contributed by atoms with E-state index in [0.29, 0.717) is 6.61 Å². The van der Waals surface area contributed by atoms with E-state index in [9.17, 15) is 13.2 Å². The van der Waals surface area contributed by atoms with Crippen molar-refractivity contribution in [3.05, 3.63) is 87.9 Å². The molecule has 0 atom stereocenters. The van der Waals surface area contributed by atoms with Crippen LogP contribution < -0.4 is 14.4 Å². The second kappa shape index (κ2) is 10.9. The van der Waals surface area contributed by atoms with Crippen LogP contribution in [0, 0.1) is 6.92 Å². The van der Waals surface area contributed by atoms with Gasteiger partial charge >= 0.3 is 0 Å². The van der Waals surface area contributed by atoms with Crippen LogP contribution in [0.5, 0.6) is 5.75 Å². The number of hydrogen-bond acceptors (Lipinski definition) is 4. The molecule has 0 heterocycles. The van der Waals surface area contributed by atoms with Crippen molar-refractivity contribution in [3.63, 3.8) is 0 Å². The fourth-order valence-corrected chi connectivity index (χ4v) is 5.01. The summed E-state index contributed by atoms with van der Waals surface area (Å²) in [4.78, 5) is 12.8. The van der Waals surface area contributed by atoms with E-state index >= 15 is 0 Å². The van der Waals surface area contributed by atoms with Gasteiger partial charge in [0.2, 0.25) is 5.91 Å². The van der Waals surface area contributed by atoms with Crippen LogP contribution in [-0.2, 0) is 21.4 Å². The molecule has 0 aromatic heterocycles. The molecule has 0 aliphatic rings. The highest BCUT2D eigenvalue weighted by atomic mass is 35.5. The van der Waals surface area contributed by atoms with Crippen molar-refractivity contribution in [2.24, 2.45) is 0 Å². The van der Waals surface area contributed by atoms with Gasteiger partial charge in [0.25, 0.3) is 10.0 Å². The standard InChI is InChI=1S/C24H24Cl2N2O4S/c1-3-32-22-8-6-18(7-9-22)15-27-24(29)16-28(21-13-19(25)12-20(26)14-21)33(30,31)23-10-4-17(2)5-11-23/h4-14H,3,15-16H2,1-2H3,(H,27,29). The van der Waals surface area contributed by atoms with Crippen molar-refractivity contribution in [2.75, 3.05) is 17.5 Å². The molecule has 9 heteroatoms. The topological polar surface area (TPSA) is 75.7 Å². The molecule has 0 unspecified atom stereocenters. The van der Waals surface area contributed by atoms with Crippen LogP contribution in [0.1, 0.15) is 18.1 Å². The number of sulfonamides is 1. The van der Waals surface area contributed by atoms with Gasteiger partial charge in [-0.1, -0.05) is 53.0 Å². The van der Waals surface area contributed by atoms with Crippen molar-refractivity contribution in [3.8, 4) is 5.75 Å². The molecule has 0 spiro atoms. The molecule has 6 nitrogen and oxygen atoms in total. The third-order valence-corrected chi connectivity index (χ3v) is 6.98. The molecule has 0 aliphatic carbocycles. The number of rotatable bonds is 9. The smallest absolute Gasteiger partial charge is 0.264 e. The first-order valence-corrected chi connectivity index (χ1v) is 12.4. The van der Waals surface area contributed by atoms with Crippen molar-refractivity contribution in [1.29, 1.82) is 0 Å². The number of aryl methyl sites for hydroxylation is 1. The van der Waals surface area contributed by atoms with Crippen LogP contribution in [0.3, 0.4) is 0 Å². The van der Waals surface area contributed by atoms with Crippen LogP contribution >= 0.6 is 23.2 Å². The average molecular weight is 507 g/mol. The number of halogens is 2. The minimum absolute atomic E-state index is 0.0588. The zero-order chi connectivity index (χ0) is 24.0. The minimum atomic E-state index is -4.06. The number of amides is 1. The Kier molecular flexibility index (Phi) is 8.24. The Bertz CT molecular complexity index is 1190. The van der Waals surface area contributed by atoms with Crippen LogP contribution in [0.2, 0.25) is 10.0 Å². The predicted molar refractivity (Wildman–Crippen MR) is 132 cm³/mol. The van der Waals surface area contributed by atoms with Crippen LogP contribution in [0.15, 0.2) is 71.6 Å². The maximum atomic E-state index is 13.4. The summed E-state index contributed by atoms with van der Waals surface area (Å²) >= 11 is 12.2. The van der Waals surface area contributed by atoms with E-state index in [-0.39, 0.29) is 27.2 Å². The Morgan fingerprint density at radius 1 is 0.970 bits per heavy atom. The maximum absolute atomic E-state index is 13.4. The highest BCUT2D eigenvalue weighted by Gasteiger charge is 2.27. The molecule has 0 saturated heterocycles. The molecule has 0 aliphatic heterocycles. The summed E-state index contributed by atoms with van der Waals surface area (Å²) in [6.07, 6.45) is 0. The van der Waals surface area contributed by atoms with Gasteiger partial charge in [-0.3, -0.25) is 9.10 Å². The van der Waals surface area contributed by atoms with Gasteiger partial charge in [-0.15, -0.1) is 0 Å². The number of benzene rings is 3. The molecule has 3 aromatic rings. The molecule has 3 aromatic carbocycles. The fraction of sp³-hybridized carbons (Fsp3) is 0.208. The molecule has 0 bridgehead atoms. The van der Waals surface area contributed by atoms with E-state index in [4.69, 9.17) is 27.9 Å². The van der Waals surface area contributed by atoms with Gasteiger partial charge < -0.3 is 10.1 Å². The van der Waals surface area contributed by atoms with Gasteiger partial charge in [0, 0.05) is 16.6 Å². The van der Waals surface area contributed by atoms with E-state index in [1.165, 1.54) is 30.3 Å². The molecule has 0 radical (unpaired) electrons. The lowest BCUT2D eigenvalue weighted by molar-refractivity contribution is -0.119. The van der Waals surface area contributed by atoms with E-state index in [1.807, 2.05) is 38.1 Å². The highest BCUT2D eigenvalue weighted by Crippen LogP contribution is 2.29. The molecule has 0 fully saturated rings. The lowest BCUT2D eigenvalue weighted by Crippen LogP contribution is -2.40. The molecule has 3 rings (SSSR count). The molecule has 1 amide bonds. The Morgan fingerprint density at radius 2 is 1.58 bits per heavy atom. The second-order valence-electron chi connectivity index (χ2n) is 7.31. The van der Waals surface area contributed by atoms with Gasteiger partial charge in [0.1, 0.15) is 12.3 Å². The normalized spacial score (nSPS) is 11.2. The molecule has 174 valence electrons. The number of carbonyl (C=O) groups excluding carboxylic acids is 1. The summed E-state index contributed by atoms with van der Waals surface area (Å²) in [7, 11) is -4.06. The largest absolute Gasteiger partial charge is 0.494 e. The predicted octanol–water partition coefficient (Wildman–Crippen LogP) is 5.21. The lowest BCUT2D eigenvalue weighted by atomic mass is 10.2. The maximum Gasteiger partial charge on any atom is 0.264 e. The summed E-state index contributed by atoms with van der Waals surface area (Å²) in [6, 6.07) is 18.1. The minimum Gasteiger partial charge on any atom is -0.494 e. The zero-order valence-corrected chi connectivity index (χ0v) is 20.5. The Labute approximate surface area is 204 Å². The molecular formula is C24H24Cl2N2O4S. The van der Waals surface area contributed by atoms with Gasteiger partial charge in [0.15, 0.2) is 0 Å². The summed E-state index contributed by atoms with van der Waals surface area (Å²) in [5, 5.41) is 3.28. The molecule has 33 heavy (non-hydrogen) atoms. The number of hydrogen-bond donors (Lipinski definition) is 1. The quantitative estimate of drug-likeness (QED) is 0.432. The number of carbonyl (C=O) groups is 1.